The van der Waals surface area contributed by atoms with Crippen molar-refractivity contribution in [3.05, 3.63) is 23.4 Å². The van der Waals surface area contributed by atoms with E-state index in [-0.39, 0.29) is 11.9 Å². The van der Waals surface area contributed by atoms with Crippen LogP contribution in [0.3, 0.4) is 0 Å². The lowest BCUT2D eigenvalue weighted by atomic mass is 10.0. The van der Waals surface area contributed by atoms with Crippen LogP contribution >= 0.6 is 0 Å². The van der Waals surface area contributed by atoms with Gasteiger partial charge < -0.3 is 10.6 Å². The minimum Gasteiger partial charge on any atom is -0.370 e. The third-order valence-corrected chi connectivity index (χ3v) is 3.62. The molecule has 0 aliphatic carbocycles. The largest absolute Gasteiger partial charge is 0.370 e. The number of aromatic nitrogens is 1. The first kappa shape index (κ1) is 17.5. The molecule has 1 heterocycles. The van der Waals surface area contributed by atoms with E-state index in [1.54, 1.807) is 0 Å². The monoisotopic (exact) mass is 291 g/mol. The molecule has 4 nitrogen and oxygen atoms in total. The lowest BCUT2D eigenvalue weighted by molar-refractivity contribution is 0.0924. The molecule has 0 aliphatic heterocycles. The molecule has 1 aromatic rings. The van der Waals surface area contributed by atoms with Gasteiger partial charge in [-0.15, -0.1) is 0 Å². The van der Waals surface area contributed by atoms with Gasteiger partial charge in [0.1, 0.15) is 5.82 Å². The van der Waals surface area contributed by atoms with Gasteiger partial charge in [0.2, 0.25) is 0 Å². The highest BCUT2D eigenvalue weighted by Crippen LogP contribution is 2.13. The highest BCUT2D eigenvalue weighted by molar-refractivity contribution is 5.95. The van der Waals surface area contributed by atoms with Gasteiger partial charge in [0.25, 0.3) is 5.91 Å². The van der Waals surface area contributed by atoms with Gasteiger partial charge in [0.15, 0.2) is 0 Å². The summed E-state index contributed by atoms with van der Waals surface area (Å²) in [5, 5.41) is 6.39. The molecule has 0 radical (unpaired) electrons. The number of carbonyl (C=O) groups excluding carboxylic acids is 1. The number of pyridine rings is 1. The smallest absolute Gasteiger partial charge is 0.251 e. The summed E-state index contributed by atoms with van der Waals surface area (Å²) in [6.45, 7) is 11.4. The van der Waals surface area contributed by atoms with Crippen LogP contribution in [0.4, 0.5) is 5.82 Å². The van der Waals surface area contributed by atoms with Crippen molar-refractivity contribution in [3.63, 3.8) is 0 Å². The van der Waals surface area contributed by atoms with Crippen molar-refractivity contribution < 1.29 is 4.79 Å². The second kappa shape index (κ2) is 8.65. The summed E-state index contributed by atoms with van der Waals surface area (Å²) in [5.41, 5.74) is 1.64. The average Bonchev–Trinajstić information content (AvgIpc) is 2.49. The van der Waals surface area contributed by atoms with Gasteiger partial charge in [-0.05, 0) is 37.3 Å². The molecule has 0 fully saturated rings. The predicted octanol–water partition coefficient (Wildman–Crippen LogP) is 3.63. The van der Waals surface area contributed by atoms with Crippen molar-refractivity contribution in [2.24, 2.45) is 5.92 Å². The molecule has 0 saturated heterocycles. The van der Waals surface area contributed by atoms with Crippen molar-refractivity contribution in [3.8, 4) is 0 Å². The Kier molecular flexibility index (Phi) is 7.20. The summed E-state index contributed by atoms with van der Waals surface area (Å²) in [7, 11) is 0. The van der Waals surface area contributed by atoms with Crippen LogP contribution < -0.4 is 10.6 Å². The molecule has 118 valence electrons. The van der Waals surface area contributed by atoms with Crippen molar-refractivity contribution in [1.82, 2.24) is 10.3 Å². The fourth-order valence-electron chi connectivity index (χ4n) is 2.24. The minimum atomic E-state index is -0.00722. The number of nitrogens with one attached hydrogen (secondary N) is 2. The van der Waals surface area contributed by atoms with Crippen LogP contribution in [0.2, 0.25) is 0 Å². The first-order chi connectivity index (χ1) is 10.0. The standard InChI is InChI=1S/C17H29N3O/c1-6-9-18-16-11-13(10-14(7-2)19-16)17(21)20-15(8-3)12(4)5/h10-12,15H,6-9H2,1-5H3,(H,18,19)(H,20,21). The van der Waals surface area contributed by atoms with Crippen LogP contribution in [-0.2, 0) is 6.42 Å². The maximum Gasteiger partial charge on any atom is 0.251 e. The number of hydrogen-bond acceptors (Lipinski definition) is 3. The van der Waals surface area contributed by atoms with Crippen molar-refractivity contribution in [2.75, 3.05) is 11.9 Å². The molecule has 1 amide bonds. The number of aryl methyl sites for hydroxylation is 1. The number of carbonyl (C=O) groups is 1. The van der Waals surface area contributed by atoms with Gasteiger partial charge in [-0.1, -0.05) is 34.6 Å². The van der Waals surface area contributed by atoms with Crippen LogP contribution in [0.15, 0.2) is 12.1 Å². The molecule has 0 spiro atoms. The number of amides is 1. The maximum absolute atomic E-state index is 12.4. The minimum absolute atomic E-state index is 0.00722. The molecule has 4 heteroatoms. The lowest BCUT2D eigenvalue weighted by Crippen LogP contribution is -2.38. The van der Waals surface area contributed by atoms with E-state index in [4.69, 9.17) is 0 Å². The first-order valence-electron chi connectivity index (χ1n) is 8.07. The Balaban J connectivity index is 2.91. The van der Waals surface area contributed by atoms with E-state index in [1.807, 2.05) is 12.1 Å². The van der Waals surface area contributed by atoms with E-state index >= 15 is 0 Å². The Hall–Kier alpha value is -1.58. The maximum atomic E-state index is 12.4. The first-order valence-corrected chi connectivity index (χ1v) is 8.07. The average molecular weight is 291 g/mol. The molecule has 0 saturated carbocycles. The lowest BCUT2D eigenvalue weighted by Gasteiger charge is -2.21. The molecule has 1 atom stereocenters. The zero-order valence-electron chi connectivity index (χ0n) is 14.0. The zero-order valence-corrected chi connectivity index (χ0v) is 14.0. The van der Waals surface area contributed by atoms with Crippen molar-refractivity contribution in [1.29, 1.82) is 0 Å². The van der Waals surface area contributed by atoms with Gasteiger partial charge in [0.05, 0.1) is 0 Å². The van der Waals surface area contributed by atoms with Gasteiger partial charge in [0, 0.05) is 23.8 Å². The van der Waals surface area contributed by atoms with Crippen molar-refractivity contribution >= 4 is 11.7 Å². The highest BCUT2D eigenvalue weighted by atomic mass is 16.1. The van der Waals surface area contributed by atoms with Crippen molar-refractivity contribution in [2.45, 2.75) is 59.9 Å². The fourth-order valence-corrected chi connectivity index (χ4v) is 2.24. The fraction of sp³-hybridized carbons (Fsp3) is 0.647. The second-order valence-corrected chi connectivity index (χ2v) is 5.74. The molecule has 1 aromatic heterocycles. The van der Waals surface area contributed by atoms with Gasteiger partial charge in [-0.25, -0.2) is 4.98 Å². The Morgan fingerprint density at radius 3 is 2.48 bits per heavy atom. The normalized spacial score (nSPS) is 12.3. The summed E-state index contributed by atoms with van der Waals surface area (Å²) in [6, 6.07) is 3.94. The second-order valence-electron chi connectivity index (χ2n) is 5.74. The van der Waals surface area contributed by atoms with E-state index in [2.05, 4.69) is 50.2 Å². The molecule has 0 aliphatic rings. The molecule has 0 bridgehead atoms. The summed E-state index contributed by atoms with van der Waals surface area (Å²) in [4.78, 5) is 17.0. The third-order valence-electron chi connectivity index (χ3n) is 3.62. The van der Waals surface area contributed by atoms with Gasteiger partial charge in [-0.2, -0.15) is 0 Å². The van der Waals surface area contributed by atoms with Gasteiger partial charge in [-0.3, -0.25) is 4.79 Å². The predicted molar refractivity (Wildman–Crippen MR) is 88.8 cm³/mol. The molecule has 1 rings (SSSR count). The molecular formula is C17H29N3O. The number of hydrogen-bond donors (Lipinski definition) is 2. The molecule has 0 aromatic carbocycles. The quantitative estimate of drug-likeness (QED) is 0.769. The third kappa shape index (κ3) is 5.37. The molecule has 21 heavy (non-hydrogen) atoms. The van der Waals surface area contributed by atoms with Crippen LogP contribution in [0.5, 0.6) is 0 Å². The topological polar surface area (TPSA) is 54.0 Å². The van der Waals surface area contributed by atoms with E-state index in [1.165, 1.54) is 0 Å². The number of rotatable bonds is 8. The molecule has 1 unspecified atom stereocenters. The van der Waals surface area contributed by atoms with E-state index < -0.39 is 0 Å². The van der Waals surface area contributed by atoms with Gasteiger partial charge >= 0.3 is 0 Å². The Morgan fingerprint density at radius 1 is 1.24 bits per heavy atom. The summed E-state index contributed by atoms with van der Waals surface area (Å²) in [5.74, 6) is 1.22. The zero-order chi connectivity index (χ0) is 15.8. The van der Waals surface area contributed by atoms with E-state index in [0.717, 1.165) is 37.3 Å². The Morgan fingerprint density at radius 2 is 1.95 bits per heavy atom. The number of anilines is 1. The van der Waals surface area contributed by atoms with Crippen LogP contribution in [0.25, 0.3) is 0 Å². The Bertz CT molecular complexity index is 457. The number of nitrogens with zero attached hydrogens (tertiary/aromatic N) is 1. The molecule has 2 N–H and O–H groups in total. The molecular weight excluding hydrogens is 262 g/mol. The van der Waals surface area contributed by atoms with Crippen LogP contribution in [0, 0.1) is 5.92 Å². The Labute approximate surface area is 128 Å². The highest BCUT2D eigenvalue weighted by Gasteiger charge is 2.16. The van der Waals surface area contributed by atoms with E-state index in [9.17, 15) is 4.79 Å². The summed E-state index contributed by atoms with van der Waals surface area (Å²) in [6.07, 6.45) is 2.80. The van der Waals surface area contributed by atoms with Crippen LogP contribution in [0.1, 0.15) is 63.5 Å². The summed E-state index contributed by atoms with van der Waals surface area (Å²) >= 11 is 0. The summed E-state index contributed by atoms with van der Waals surface area (Å²) < 4.78 is 0. The van der Waals surface area contributed by atoms with Crippen LogP contribution in [-0.4, -0.2) is 23.5 Å². The van der Waals surface area contributed by atoms with E-state index in [0.29, 0.717) is 11.5 Å². The SMILES string of the molecule is CCCNc1cc(C(=O)NC(CC)C(C)C)cc(CC)n1.